The van der Waals surface area contributed by atoms with Gasteiger partial charge in [0.25, 0.3) is 10.1 Å². The van der Waals surface area contributed by atoms with Gasteiger partial charge in [-0.15, -0.1) is 0 Å². The Bertz CT molecular complexity index is 634. The first kappa shape index (κ1) is 12.7. The van der Waals surface area contributed by atoms with E-state index in [1.165, 1.54) is 6.20 Å². The van der Waals surface area contributed by atoms with Crippen LogP contribution in [-0.4, -0.2) is 22.9 Å². The average molecular weight is 264 g/mol. The summed E-state index contributed by atoms with van der Waals surface area (Å²) in [5.74, 6) is -0.429. The Balaban J connectivity index is 2.25. The molecule has 0 unspecified atom stereocenters. The van der Waals surface area contributed by atoms with Gasteiger partial charge in [-0.2, -0.15) is 8.42 Å². The molecule has 0 atom stereocenters. The lowest BCUT2D eigenvalue weighted by atomic mass is 10.2. The number of hydrogen-bond donors (Lipinski definition) is 1. The van der Waals surface area contributed by atoms with Crippen LogP contribution in [0.5, 0.6) is 0 Å². The molecule has 6 heteroatoms. The SMILES string of the molecule is Cc1ccc(-c2ccc(CS(=O)(=O)O)cn2)nc1. The van der Waals surface area contributed by atoms with Crippen LogP contribution in [0.2, 0.25) is 0 Å². The predicted octanol–water partition coefficient (Wildman–Crippen LogP) is 1.84. The minimum Gasteiger partial charge on any atom is -0.285 e. The molecule has 1 N–H and O–H groups in total. The Morgan fingerprint density at radius 1 is 1.06 bits per heavy atom. The first-order valence-corrected chi connectivity index (χ1v) is 6.88. The normalized spacial score (nSPS) is 11.4. The molecule has 0 fully saturated rings. The molecule has 0 aliphatic rings. The average Bonchev–Trinajstić information content (AvgIpc) is 2.29. The van der Waals surface area contributed by atoms with E-state index in [1.54, 1.807) is 18.3 Å². The van der Waals surface area contributed by atoms with E-state index >= 15 is 0 Å². The molecule has 0 aliphatic heterocycles. The maximum atomic E-state index is 10.7. The molecule has 18 heavy (non-hydrogen) atoms. The third-order valence-electron chi connectivity index (χ3n) is 2.35. The van der Waals surface area contributed by atoms with Crippen molar-refractivity contribution in [1.29, 1.82) is 0 Å². The molecule has 0 saturated carbocycles. The van der Waals surface area contributed by atoms with Crippen molar-refractivity contribution in [2.24, 2.45) is 0 Å². The van der Waals surface area contributed by atoms with E-state index in [4.69, 9.17) is 4.55 Å². The Kier molecular flexibility index (Phi) is 3.40. The van der Waals surface area contributed by atoms with E-state index in [0.717, 1.165) is 11.3 Å². The zero-order chi connectivity index (χ0) is 13.2. The number of aryl methyl sites for hydroxylation is 1. The van der Waals surface area contributed by atoms with Crippen molar-refractivity contribution < 1.29 is 13.0 Å². The van der Waals surface area contributed by atoms with E-state index in [1.807, 2.05) is 19.1 Å². The highest BCUT2D eigenvalue weighted by molar-refractivity contribution is 7.85. The van der Waals surface area contributed by atoms with Crippen molar-refractivity contribution in [3.8, 4) is 11.4 Å². The topological polar surface area (TPSA) is 80.2 Å². The Labute approximate surface area is 105 Å². The summed E-state index contributed by atoms with van der Waals surface area (Å²) in [5, 5.41) is 0. The fourth-order valence-electron chi connectivity index (χ4n) is 1.49. The quantitative estimate of drug-likeness (QED) is 0.855. The highest BCUT2D eigenvalue weighted by Crippen LogP contribution is 2.15. The molecule has 0 aliphatic carbocycles. The maximum Gasteiger partial charge on any atom is 0.269 e. The number of nitrogens with zero attached hydrogens (tertiary/aromatic N) is 2. The number of hydrogen-bond acceptors (Lipinski definition) is 4. The summed E-state index contributed by atoms with van der Waals surface area (Å²) < 4.78 is 30.1. The van der Waals surface area contributed by atoms with Gasteiger partial charge in [0.2, 0.25) is 0 Å². The lowest BCUT2D eigenvalue weighted by molar-refractivity contribution is 0.482. The molecular weight excluding hydrogens is 252 g/mol. The lowest BCUT2D eigenvalue weighted by Gasteiger charge is -2.02. The van der Waals surface area contributed by atoms with Gasteiger partial charge in [0.05, 0.1) is 11.4 Å². The molecule has 94 valence electrons. The summed E-state index contributed by atoms with van der Waals surface area (Å²) in [6, 6.07) is 7.06. The molecule has 0 aromatic carbocycles. The Morgan fingerprint density at radius 2 is 1.67 bits per heavy atom. The van der Waals surface area contributed by atoms with Gasteiger partial charge in [-0.3, -0.25) is 14.5 Å². The molecule has 2 heterocycles. The Morgan fingerprint density at radius 3 is 2.11 bits per heavy atom. The molecule has 0 saturated heterocycles. The third kappa shape index (κ3) is 3.35. The maximum absolute atomic E-state index is 10.7. The van der Waals surface area contributed by atoms with Gasteiger partial charge >= 0.3 is 0 Å². The molecule has 2 rings (SSSR count). The van der Waals surface area contributed by atoms with Gasteiger partial charge < -0.3 is 0 Å². The monoisotopic (exact) mass is 264 g/mol. The van der Waals surface area contributed by atoms with Crippen molar-refractivity contribution in [2.45, 2.75) is 12.7 Å². The van der Waals surface area contributed by atoms with Crippen molar-refractivity contribution in [3.63, 3.8) is 0 Å². The van der Waals surface area contributed by atoms with Gasteiger partial charge in [-0.05, 0) is 30.2 Å². The molecule has 2 aromatic heterocycles. The van der Waals surface area contributed by atoms with Crippen molar-refractivity contribution >= 4 is 10.1 Å². The van der Waals surface area contributed by atoms with E-state index in [-0.39, 0.29) is 0 Å². The molecule has 0 spiro atoms. The van der Waals surface area contributed by atoms with Crippen molar-refractivity contribution in [3.05, 3.63) is 47.8 Å². The second-order valence-electron chi connectivity index (χ2n) is 4.00. The smallest absolute Gasteiger partial charge is 0.269 e. The van der Waals surface area contributed by atoms with E-state index in [2.05, 4.69) is 9.97 Å². The van der Waals surface area contributed by atoms with Gasteiger partial charge in [0, 0.05) is 12.4 Å². The van der Waals surface area contributed by atoms with Crippen LogP contribution in [0.1, 0.15) is 11.1 Å². The standard InChI is InChI=1S/C12H12N2O3S/c1-9-2-4-11(13-6-9)12-5-3-10(7-14-12)8-18(15,16)17/h2-7H,8H2,1H3,(H,15,16,17). The number of aromatic nitrogens is 2. The van der Waals surface area contributed by atoms with E-state index in [0.29, 0.717) is 11.3 Å². The van der Waals surface area contributed by atoms with Gasteiger partial charge in [0.15, 0.2) is 0 Å². The fourth-order valence-corrected chi connectivity index (χ4v) is 2.08. The Hall–Kier alpha value is -1.79. The van der Waals surface area contributed by atoms with E-state index in [9.17, 15) is 8.42 Å². The zero-order valence-corrected chi connectivity index (χ0v) is 10.6. The van der Waals surface area contributed by atoms with Crippen LogP contribution in [-0.2, 0) is 15.9 Å². The molecule has 5 nitrogen and oxygen atoms in total. The lowest BCUT2D eigenvalue weighted by Crippen LogP contribution is -2.02. The van der Waals surface area contributed by atoms with Crippen molar-refractivity contribution in [1.82, 2.24) is 9.97 Å². The highest BCUT2D eigenvalue weighted by Gasteiger charge is 2.07. The van der Waals surface area contributed by atoms with Crippen LogP contribution >= 0.6 is 0 Å². The predicted molar refractivity (Wildman–Crippen MR) is 67.5 cm³/mol. The fraction of sp³-hybridized carbons (Fsp3) is 0.167. The van der Waals surface area contributed by atoms with Gasteiger partial charge in [0.1, 0.15) is 5.75 Å². The third-order valence-corrected chi connectivity index (χ3v) is 3.05. The number of rotatable bonds is 3. The van der Waals surface area contributed by atoms with Crippen LogP contribution in [0.15, 0.2) is 36.7 Å². The molecule has 2 aromatic rings. The van der Waals surface area contributed by atoms with Crippen LogP contribution in [0.4, 0.5) is 0 Å². The summed E-state index contributed by atoms with van der Waals surface area (Å²) in [7, 11) is -4.02. The molecule has 0 bridgehead atoms. The summed E-state index contributed by atoms with van der Waals surface area (Å²) in [4.78, 5) is 8.35. The summed E-state index contributed by atoms with van der Waals surface area (Å²) >= 11 is 0. The number of pyridine rings is 2. The first-order valence-electron chi connectivity index (χ1n) is 5.27. The zero-order valence-electron chi connectivity index (χ0n) is 9.74. The summed E-state index contributed by atoms with van der Waals surface area (Å²) in [6.45, 7) is 1.94. The second-order valence-corrected chi connectivity index (χ2v) is 5.45. The molecule has 0 radical (unpaired) electrons. The minimum absolute atomic E-state index is 0.429. The van der Waals surface area contributed by atoms with Crippen LogP contribution in [0.3, 0.4) is 0 Å². The molecular formula is C12H12N2O3S. The van der Waals surface area contributed by atoms with Gasteiger partial charge in [-0.1, -0.05) is 12.1 Å². The van der Waals surface area contributed by atoms with E-state index < -0.39 is 15.9 Å². The minimum atomic E-state index is -4.02. The van der Waals surface area contributed by atoms with Gasteiger partial charge in [-0.25, -0.2) is 0 Å². The second kappa shape index (κ2) is 4.83. The summed E-state index contributed by atoms with van der Waals surface area (Å²) in [6.07, 6.45) is 3.16. The largest absolute Gasteiger partial charge is 0.285 e. The molecule has 0 amide bonds. The first-order chi connectivity index (χ1) is 8.44. The van der Waals surface area contributed by atoms with Crippen LogP contribution in [0, 0.1) is 6.92 Å². The summed E-state index contributed by atoms with van der Waals surface area (Å²) in [5.41, 5.74) is 2.88. The van der Waals surface area contributed by atoms with Crippen LogP contribution in [0.25, 0.3) is 11.4 Å². The highest BCUT2D eigenvalue weighted by atomic mass is 32.2. The van der Waals surface area contributed by atoms with Crippen molar-refractivity contribution in [2.75, 3.05) is 0 Å². The van der Waals surface area contributed by atoms with Crippen LogP contribution < -0.4 is 0 Å².